The Labute approximate surface area is 139 Å². The molecule has 0 saturated carbocycles. The lowest BCUT2D eigenvalue weighted by Gasteiger charge is -2.29. The van der Waals surface area contributed by atoms with Gasteiger partial charge >= 0.3 is 13.3 Å². The summed E-state index contributed by atoms with van der Waals surface area (Å²) >= 11 is 0. The molecule has 0 N–H and O–H groups in total. The van der Waals surface area contributed by atoms with Gasteiger partial charge in [0.1, 0.15) is 0 Å². The predicted molar refractivity (Wildman–Crippen MR) is 92.4 cm³/mol. The van der Waals surface area contributed by atoms with Crippen LogP contribution in [0.1, 0.15) is 34.6 Å². The number of rotatable bonds is 12. The van der Waals surface area contributed by atoms with Gasteiger partial charge in [-0.3, -0.25) is 4.57 Å². The highest BCUT2D eigenvalue weighted by atomic mass is 31.2. The van der Waals surface area contributed by atoms with Gasteiger partial charge in [0.25, 0.3) is 0 Å². The normalized spacial score (nSPS) is 13.5. The summed E-state index contributed by atoms with van der Waals surface area (Å²) in [6.45, 7) is 12.5. The number of hydrogen-bond donors (Lipinski definition) is 0. The topological polar surface area (TPSA) is 44.8 Å². The van der Waals surface area contributed by atoms with E-state index in [1.54, 1.807) is 0 Å². The molecule has 0 atom stereocenters. The van der Waals surface area contributed by atoms with Gasteiger partial charge in [-0.15, -0.1) is 0 Å². The summed E-state index contributed by atoms with van der Waals surface area (Å²) in [5, 5.41) is 0. The van der Waals surface area contributed by atoms with Crippen molar-refractivity contribution in [2.75, 3.05) is 13.2 Å². The quantitative estimate of drug-likeness (QED) is 0.185. The van der Waals surface area contributed by atoms with E-state index in [9.17, 15) is 13.3 Å². The molecule has 0 spiro atoms. The number of hydrogen-bond acceptors (Lipinski definition) is 4. The lowest BCUT2D eigenvalue weighted by Crippen LogP contribution is -2.35. The van der Waals surface area contributed by atoms with Crippen LogP contribution in [-0.2, 0) is 18.0 Å². The van der Waals surface area contributed by atoms with Crippen LogP contribution in [0.3, 0.4) is 0 Å². The molecule has 0 fully saturated rings. The van der Waals surface area contributed by atoms with E-state index in [-0.39, 0.29) is 19.0 Å². The molecule has 4 nitrogen and oxygen atoms in total. The van der Waals surface area contributed by atoms with Crippen molar-refractivity contribution >= 4 is 15.9 Å². The van der Waals surface area contributed by atoms with Crippen LogP contribution in [-0.4, -0.2) is 27.2 Å². The Hall–Kier alpha value is -0.493. The first-order valence-corrected chi connectivity index (χ1v) is 12.1. The van der Waals surface area contributed by atoms with E-state index in [1.807, 2.05) is 20.8 Å². The molecule has 0 aromatic rings. The average Bonchev–Trinajstić information content (AvgIpc) is 2.51. The molecular formula is C15H29F2O4PSi. The number of halogens is 2. The van der Waals surface area contributed by atoms with Crippen molar-refractivity contribution in [3.05, 3.63) is 24.5 Å². The van der Waals surface area contributed by atoms with E-state index < -0.39 is 21.6 Å². The Morgan fingerprint density at radius 1 is 1.09 bits per heavy atom. The molecule has 0 heterocycles. The van der Waals surface area contributed by atoms with Crippen LogP contribution in [0.5, 0.6) is 0 Å². The number of alkyl halides is 2. The third kappa shape index (κ3) is 6.14. The van der Waals surface area contributed by atoms with Crippen molar-refractivity contribution in [1.82, 2.24) is 0 Å². The molecule has 0 radical (unpaired) electrons. The van der Waals surface area contributed by atoms with E-state index >= 15 is 0 Å². The van der Waals surface area contributed by atoms with Gasteiger partial charge in [0.2, 0.25) is 8.32 Å². The first-order valence-electron chi connectivity index (χ1n) is 8.00. The zero-order chi connectivity index (χ0) is 18.1. The smallest absolute Gasteiger partial charge is 0.403 e. The standard InChI is InChI=1S/C15H29F2O4PSi/c1-7-19-22(18,20-8-2)15(16,17)13-12-14(6)21-23(9-3,10-4)11-5/h12-13H,6-11H2,1-5H3/b13-12+. The summed E-state index contributed by atoms with van der Waals surface area (Å²) in [4.78, 5) is 0. The summed E-state index contributed by atoms with van der Waals surface area (Å²) in [6.07, 6.45) is 1.56. The first kappa shape index (κ1) is 22.5. The molecule has 0 rings (SSSR count). The second-order valence-electron chi connectivity index (χ2n) is 5.07. The minimum atomic E-state index is -4.56. The fourth-order valence-electron chi connectivity index (χ4n) is 2.11. The molecule has 23 heavy (non-hydrogen) atoms. The minimum Gasteiger partial charge on any atom is -0.544 e. The van der Waals surface area contributed by atoms with Crippen molar-refractivity contribution in [2.45, 2.75) is 58.4 Å². The van der Waals surface area contributed by atoms with Crippen LogP contribution in [0.25, 0.3) is 0 Å². The van der Waals surface area contributed by atoms with E-state index in [2.05, 4.69) is 6.58 Å². The van der Waals surface area contributed by atoms with Crippen LogP contribution in [0.15, 0.2) is 24.5 Å². The lowest BCUT2D eigenvalue weighted by atomic mass is 10.4. The van der Waals surface area contributed by atoms with Gasteiger partial charge < -0.3 is 13.5 Å². The van der Waals surface area contributed by atoms with Gasteiger partial charge in [-0.2, -0.15) is 8.78 Å². The molecule has 0 aliphatic carbocycles. The molecule has 0 amide bonds. The van der Waals surface area contributed by atoms with Crippen molar-refractivity contribution in [3.63, 3.8) is 0 Å². The Morgan fingerprint density at radius 3 is 1.87 bits per heavy atom. The first-order chi connectivity index (χ1) is 10.7. The minimum absolute atomic E-state index is 0.129. The SMILES string of the molecule is C=C(/C=C/C(F)(F)P(=O)(OCC)OCC)O[Si](CC)(CC)CC. The van der Waals surface area contributed by atoms with Crippen LogP contribution >= 0.6 is 7.60 Å². The van der Waals surface area contributed by atoms with Gasteiger partial charge in [0.05, 0.1) is 19.0 Å². The maximum absolute atomic E-state index is 14.2. The summed E-state index contributed by atoms with van der Waals surface area (Å²) in [6, 6.07) is 2.62. The van der Waals surface area contributed by atoms with Gasteiger partial charge in [0.15, 0.2) is 0 Å². The highest BCUT2D eigenvalue weighted by molar-refractivity contribution is 7.55. The van der Waals surface area contributed by atoms with E-state index in [0.717, 1.165) is 24.2 Å². The fraction of sp³-hybridized carbons (Fsp3) is 0.733. The van der Waals surface area contributed by atoms with Gasteiger partial charge in [-0.05, 0) is 38.1 Å². The van der Waals surface area contributed by atoms with E-state index in [0.29, 0.717) is 6.08 Å². The van der Waals surface area contributed by atoms with Gasteiger partial charge in [0, 0.05) is 6.08 Å². The van der Waals surface area contributed by atoms with Crippen LogP contribution in [0, 0.1) is 0 Å². The summed E-state index contributed by atoms with van der Waals surface area (Å²) in [5.41, 5.74) is -3.74. The highest BCUT2D eigenvalue weighted by Gasteiger charge is 2.51. The van der Waals surface area contributed by atoms with Gasteiger partial charge in [-0.1, -0.05) is 27.4 Å². The average molecular weight is 370 g/mol. The second kappa shape index (κ2) is 9.72. The molecule has 0 unspecified atom stereocenters. The Bertz CT molecular complexity index is 432. The monoisotopic (exact) mass is 370 g/mol. The third-order valence-corrected chi connectivity index (χ3v) is 10.4. The molecule has 0 bridgehead atoms. The molecule has 0 saturated heterocycles. The maximum atomic E-state index is 14.2. The van der Waals surface area contributed by atoms with E-state index in [1.165, 1.54) is 13.8 Å². The van der Waals surface area contributed by atoms with E-state index in [4.69, 9.17) is 13.5 Å². The third-order valence-electron chi connectivity index (χ3n) is 3.71. The Balaban J connectivity index is 5.17. The van der Waals surface area contributed by atoms with Crippen molar-refractivity contribution in [2.24, 2.45) is 0 Å². The molecule has 8 heteroatoms. The van der Waals surface area contributed by atoms with Crippen molar-refractivity contribution in [3.8, 4) is 0 Å². The van der Waals surface area contributed by atoms with Crippen molar-refractivity contribution < 1.29 is 26.8 Å². The largest absolute Gasteiger partial charge is 0.544 e. The molecular weight excluding hydrogens is 341 g/mol. The molecule has 0 aromatic heterocycles. The zero-order valence-corrected chi connectivity index (χ0v) is 16.6. The summed E-state index contributed by atoms with van der Waals surface area (Å²) in [7, 11) is -6.54. The molecule has 0 aliphatic rings. The molecule has 136 valence electrons. The fourth-order valence-corrected chi connectivity index (χ4v) is 6.03. The van der Waals surface area contributed by atoms with Crippen LogP contribution in [0.4, 0.5) is 8.78 Å². The predicted octanol–water partition coefficient (Wildman–Crippen LogP) is 5.94. The number of allylic oxidation sites excluding steroid dienone is 2. The summed E-state index contributed by atoms with van der Waals surface area (Å²) in [5.74, 6) is 0.154. The highest BCUT2D eigenvalue weighted by Crippen LogP contribution is 2.62. The second-order valence-corrected chi connectivity index (χ2v) is 11.9. The van der Waals surface area contributed by atoms with Crippen molar-refractivity contribution in [1.29, 1.82) is 0 Å². The Morgan fingerprint density at radius 2 is 1.52 bits per heavy atom. The maximum Gasteiger partial charge on any atom is 0.403 e. The molecule has 0 aromatic carbocycles. The Kier molecular flexibility index (Phi) is 9.51. The summed E-state index contributed by atoms with van der Waals surface area (Å²) < 4.78 is 55.9. The zero-order valence-electron chi connectivity index (χ0n) is 14.7. The lowest BCUT2D eigenvalue weighted by molar-refractivity contribution is 0.0791. The van der Waals surface area contributed by atoms with Crippen LogP contribution < -0.4 is 0 Å². The van der Waals surface area contributed by atoms with Gasteiger partial charge in [-0.25, -0.2) is 0 Å². The van der Waals surface area contributed by atoms with Crippen LogP contribution in [0.2, 0.25) is 18.1 Å². The molecule has 0 aliphatic heterocycles.